The van der Waals surface area contributed by atoms with E-state index in [1.807, 2.05) is 0 Å². The number of azo groups is 1. The zero-order chi connectivity index (χ0) is 28.5. The molecule has 40 heavy (non-hydrogen) atoms. The van der Waals surface area contributed by atoms with E-state index in [1.54, 1.807) is 97.1 Å². The molecule has 0 radical (unpaired) electrons. The summed E-state index contributed by atoms with van der Waals surface area (Å²) in [4.78, 5) is 24.9. The van der Waals surface area contributed by atoms with Crippen molar-refractivity contribution in [3.05, 3.63) is 108 Å². The summed E-state index contributed by atoms with van der Waals surface area (Å²) in [5.74, 6) is -0.333. The number of carbonyl (C=O) groups excluding carboxylic acids is 2. The molecule has 2 amide bonds. The van der Waals surface area contributed by atoms with Crippen LogP contribution in [0.5, 0.6) is 11.5 Å². The summed E-state index contributed by atoms with van der Waals surface area (Å²) in [6.45, 7) is 0. The minimum atomic E-state index is -0.744. The monoisotopic (exact) mass is 538 g/mol. The Balaban J connectivity index is 1.25. The summed E-state index contributed by atoms with van der Waals surface area (Å²) in [6, 6.07) is 25.3. The second kappa shape index (κ2) is 13.1. The smallest absolute Gasteiger partial charge is 0.241 e. The molecule has 0 unspecified atom stereocenters. The summed E-state index contributed by atoms with van der Waals surface area (Å²) in [6.07, 6.45) is 0.682. The second-order valence-electron chi connectivity index (χ2n) is 9.23. The molecule has 2 atom stereocenters. The first kappa shape index (κ1) is 28.0. The molecule has 0 saturated carbocycles. The third-order valence-electron chi connectivity index (χ3n) is 6.01. The van der Waals surface area contributed by atoms with Crippen molar-refractivity contribution in [2.45, 2.75) is 24.9 Å². The molecule has 0 fully saturated rings. The van der Waals surface area contributed by atoms with Gasteiger partial charge in [-0.15, -0.1) is 0 Å². The topological polar surface area (TPSA) is 175 Å². The van der Waals surface area contributed by atoms with Gasteiger partial charge >= 0.3 is 0 Å². The molecule has 4 rings (SSSR count). The van der Waals surface area contributed by atoms with E-state index < -0.39 is 12.1 Å². The predicted octanol–water partition coefficient (Wildman–Crippen LogP) is 4.53. The first-order valence-corrected chi connectivity index (χ1v) is 12.6. The first-order valence-electron chi connectivity index (χ1n) is 12.6. The van der Waals surface area contributed by atoms with Crippen molar-refractivity contribution in [1.82, 2.24) is 0 Å². The molecule has 0 spiro atoms. The number of anilines is 2. The Labute approximate surface area is 231 Å². The summed E-state index contributed by atoms with van der Waals surface area (Å²) < 4.78 is 0. The van der Waals surface area contributed by atoms with Crippen LogP contribution in [0.15, 0.2) is 107 Å². The van der Waals surface area contributed by atoms with Crippen LogP contribution in [-0.2, 0) is 22.4 Å². The van der Waals surface area contributed by atoms with Crippen LogP contribution in [0.25, 0.3) is 0 Å². The van der Waals surface area contributed by atoms with Crippen LogP contribution in [0.4, 0.5) is 22.7 Å². The highest BCUT2D eigenvalue weighted by atomic mass is 16.3. The maximum atomic E-state index is 12.4. The van der Waals surface area contributed by atoms with Gasteiger partial charge in [0.25, 0.3) is 0 Å². The molecule has 0 aliphatic heterocycles. The summed E-state index contributed by atoms with van der Waals surface area (Å²) >= 11 is 0. The SMILES string of the molecule is N[C@H](Cc1ccc(O)cc1)C(=O)Nc1ccc(N=Nc2ccc(NC(=O)[C@H](N)Cc3ccc(O)cc3)cc2)cc1. The number of nitrogens with zero attached hydrogens (tertiary/aromatic N) is 2. The minimum Gasteiger partial charge on any atom is -0.508 e. The molecular weight excluding hydrogens is 508 g/mol. The van der Waals surface area contributed by atoms with E-state index in [-0.39, 0.29) is 23.3 Å². The van der Waals surface area contributed by atoms with Crippen molar-refractivity contribution in [1.29, 1.82) is 0 Å². The molecule has 4 aromatic carbocycles. The average molecular weight is 539 g/mol. The van der Waals surface area contributed by atoms with E-state index in [1.165, 1.54) is 0 Å². The zero-order valence-electron chi connectivity index (χ0n) is 21.6. The van der Waals surface area contributed by atoms with E-state index >= 15 is 0 Å². The molecular formula is C30H30N6O4. The van der Waals surface area contributed by atoms with Crippen LogP contribution < -0.4 is 22.1 Å². The van der Waals surface area contributed by atoms with Gasteiger partial charge in [0.05, 0.1) is 23.5 Å². The number of carbonyl (C=O) groups is 2. The van der Waals surface area contributed by atoms with Crippen LogP contribution >= 0.6 is 0 Å². The quantitative estimate of drug-likeness (QED) is 0.162. The lowest BCUT2D eigenvalue weighted by atomic mass is 10.1. The van der Waals surface area contributed by atoms with Crippen molar-refractivity contribution in [2.75, 3.05) is 10.6 Å². The molecule has 4 aromatic rings. The van der Waals surface area contributed by atoms with Gasteiger partial charge in [-0.3, -0.25) is 9.59 Å². The number of phenolic OH excluding ortho intramolecular Hbond substituents is 2. The Morgan fingerprint density at radius 1 is 0.575 bits per heavy atom. The van der Waals surface area contributed by atoms with E-state index in [2.05, 4.69) is 20.9 Å². The second-order valence-corrected chi connectivity index (χ2v) is 9.23. The number of amides is 2. The van der Waals surface area contributed by atoms with E-state index in [4.69, 9.17) is 11.5 Å². The van der Waals surface area contributed by atoms with Gasteiger partial charge in [0.15, 0.2) is 0 Å². The van der Waals surface area contributed by atoms with E-state index in [9.17, 15) is 19.8 Å². The summed E-state index contributed by atoms with van der Waals surface area (Å²) in [5, 5.41) is 32.7. The Hall–Kier alpha value is -5.06. The van der Waals surface area contributed by atoms with Gasteiger partial charge in [0.1, 0.15) is 11.5 Å². The van der Waals surface area contributed by atoms with Gasteiger partial charge in [-0.25, -0.2) is 0 Å². The Bertz CT molecular complexity index is 1340. The fourth-order valence-electron chi connectivity index (χ4n) is 3.77. The van der Waals surface area contributed by atoms with Gasteiger partial charge in [-0.1, -0.05) is 24.3 Å². The van der Waals surface area contributed by atoms with Crippen LogP contribution in [0.3, 0.4) is 0 Å². The van der Waals surface area contributed by atoms with Crippen LogP contribution in [0, 0.1) is 0 Å². The Kier molecular flexibility index (Phi) is 9.19. The molecule has 10 heteroatoms. The van der Waals surface area contributed by atoms with Gasteiger partial charge in [-0.2, -0.15) is 10.2 Å². The molecule has 0 aliphatic carbocycles. The fraction of sp³-hybridized carbons (Fsp3) is 0.133. The van der Waals surface area contributed by atoms with Gasteiger partial charge in [-0.05, 0) is 96.8 Å². The highest BCUT2D eigenvalue weighted by molar-refractivity contribution is 5.95. The predicted molar refractivity (Wildman–Crippen MR) is 154 cm³/mol. The highest BCUT2D eigenvalue weighted by Gasteiger charge is 2.15. The molecule has 0 saturated heterocycles. The largest absolute Gasteiger partial charge is 0.508 e. The van der Waals surface area contributed by atoms with Gasteiger partial charge in [0, 0.05) is 11.4 Å². The molecule has 0 bridgehead atoms. The Morgan fingerprint density at radius 3 is 1.23 bits per heavy atom. The van der Waals surface area contributed by atoms with Crippen molar-refractivity contribution >= 4 is 34.6 Å². The van der Waals surface area contributed by atoms with Crippen molar-refractivity contribution in [2.24, 2.45) is 21.7 Å². The maximum absolute atomic E-state index is 12.4. The molecule has 0 aromatic heterocycles. The van der Waals surface area contributed by atoms with Crippen molar-refractivity contribution in [3.8, 4) is 11.5 Å². The van der Waals surface area contributed by atoms with Gasteiger partial charge < -0.3 is 32.3 Å². The lowest BCUT2D eigenvalue weighted by molar-refractivity contribution is -0.118. The number of hydrogen-bond donors (Lipinski definition) is 6. The third kappa shape index (κ3) is 8.22. The van der Waals surface area contributed by atoms with Crippen LogP contribution in [0.1, 0.15) is 11.1 Å². The number of benzene rings is 4. The normalized spacial score (nSPS) is 12.6. The zero-order valence-corrected chi connectivity index (χ0v) is 21.6. The Morgan fingerprint density at radius 2 is 0.900 bits per heavy atom. The number of rotatable bonds is 10. The number of nitrogens with one attached hydrogen (secondary N) is 2. The molecule has 0 aliphatic rings. The summed E-state index contributed by atoms with van der Waals surface area (Å²) in [5.41, 5.74) is 16.1. The van der Waals surface area contributed by atoms with E-state index in [0.29, 0.717) is 35.6 Å². The maximum Gasteiger partial charge on any atom is 0.241 e. The molecule has 0 heterocycles. The molecule has 10 nitrogen and oxygen atoms in total. The third-order valence-corrected chi connectivity index (χ3v) is 6.01. The minimum absolute atomic E-state index is 0.156. The van der Waals surface area contributed by atoms with Crippen LogP contribution in [-0.4, -0.2) is 34.1 Å². The number of hydrogen-bond acceptors (Lipinski definition) is 8. The average Bonchev–Trinajstić information content (AvgIpc) is 2.95. The van der Waals surface area contributed by atoms with Crippen LogP contribution in [0.2, 0.25) is 0 Å². The van der Waals surface area contributed by atoms with Crippen molar-refractivity contribution in [3.63, 3.8) is 0 Å². The number of nitrogens with two attached hydrogens (primary N) is 2. The standard InChI is InChI=1S/C30H30N6O4/c31-27(17-19-1-13-25(37)14-2-19)29(39)33-21-5-9-23(10-6-21)35-36-24-11-7-22(8-12-24)34-30(40)28(32)18-20-3-15-26(38)16-4-20/h1-16,27-28,37-38H,17-18,31-32H2,(H,33,39)(H,34,40)/t27-,28-/m1/s1. The first-order chi connectivity index (χ1) is 19.2. The van der Waals surface area contributed by atoms with Gasteiger partial charge in [0.2, 0.25) is 11.8 Å². The summed E-state index contributed by atoms with van der Waals surface area (Å²) in [7, 11) is 0. The van der Waals surface area contributed by atoms with Crippen molar-refractivity contribution < 1.29 is 19.8 Å². The van der Waals surface area contributed by atoms with E-state index in [0.717, 1.165) is 11.1 Å². The fourth-order valence-corrected chi connectivity index (χ4v) is 3.77. The lowest BCUT2D eigenvalue weighted by Crippen LogP contribution is -2.37. The molecule has 8 N–H and O–H groups in total. The molecule has 204 valence electrons. The highest BCUT2D eigenvalue weighted by Crippen LogP contribution is 2.22. The number of phenols is 2. The number of aromatic hydroxyl groups is 2. The lowest BCUT2D eigenvalue weighted by Gasteiger charge is -2.12.